The summed E-state index contributed by atoms with van der Waals surface area (Å²) in [7, 11) is 1.83. The van der Waals surface area contributed by atoms with E-state index in [2.05, 4.69) is 20.6 Å². The zero-order valence-electron chi connectivity index (χ0n) is 12.0. The third-order valence-electron chi connectivity index (χ3n) is 3.47. The summed E-state index contributed by atoms with van der Waals surface area (Å²) >= 11 is 0. The van der Waals surface area contributed by atoms with Crippen molar-refractivity contribution in [3.8, 4) is 11.4 Å². The van der Waals surface area contributed by atoms with Crippen LogP contribution < -0.4 is 0 Å². The molecule has 108 valence electrons. The van der Waals surface area contributed by atoms with Crippen LogP contribution in [0.15, 0.2) is 6.20 Å². The second-order valence-corrected chi connectivity index (χ2v) is 4.83. The molecule has 0 aliphatic heterocycles. The highest BCUT2D eigenvalue weighted by atomic mass is 16.4. The molecule has 2 atom stereocenters. The topological polar surface area (TPSA) is 98.7 Å². The maximum absolute atomic E-state index is 11.1. The van der Waals surface area contributed by atoms with Crippen LogP contribution in [0.4, 0.5) is 0 Å². The number of hydrogen-bond donors (Lipinski definition) is 1. The van der Waals surface area contributed by atoms with Gasteiger partial charge in [-0.2, -0.15) is 5.10 Å². The van der Waals surface area contributed by atoms with Gasteiger partial charge < -0.3 is 5.11 Å². The zero-order chi connectivity index (χ0) is 14.9. The van der Waals surface area contributed by atoms with Gasteiger partial charge in [0.05, 0.1) is 23.2 Å². The van der Waals surface area contributed by atoms with Gasteiger partial charge in [-0.1, -0.05) is 6.92 Å². The van der Waals surface area contributed by atoms with Gasteiger partial charge in [-0.05, 0) is 30.7 Å². The minimum absolute atomic E-state index is 0.345. The summed E-state index contributed by atoms with van der Waals surface area (Å²) in [4.78, 5) is 11.1. The molecule has 0 saturated carbocycles. The van der Waals surface area contributed by atoms with Gasteiger partial charge in [0.2, 0.25) is 0 Å². The van der Waals surface area contributed by atoms with Crippen LogP contribution in [-0.4, -0.2) is 41.1 Å². The molecule has 1 N–H and O–H groups in total. The Morgan fingerprint density at radius 2 is 2.15 bits per heavy atom. The summed E-state index contributed by atoms with van der Waals surface area (Å²) < 4.78 is 3.26. The second-order valence-electron chi connectivity index (χ2n) is 4.83. The number of rotatable bonds is 5. The highest BCUT2D eigenvalue weighted by Crippen LogP contribution is 2.25. The summed E-state index contributed by atoms with van der Waals surface area (Å²) in [5, 5.41) is 25.1. The van der Waals surface area contributed by atoms with Gasteiger partial charge >= 0.3 is 5.97 Å². The molecule has 0 aliphatic rings. The highest BCUT2D eigenvalue weighted by Gasteiger charge is 2.26. The van der Waals surface area contributed by atoms with Crippen molar-refractivity contribution in [1.29, 1.82) is 0 Å². The van der Waals surface area contributed by atoms with E-state index in [9.17, 15) is 4.79 Å². The Morgan fingerprint density at radius 1 is 1.45 bits per heavy atom. The number of carbonyl (C=O) groups is 1. The first kappa shape index (κ1) is 14.2. The first-order valence-corrected chi connectivity index (χ1v) is 6.49. The molecule has 8 nitrogen and oxygen atoms in total. The quantitative estimate of drug-likeness (QED) is 0.873. The molecule has 2 aromatic rings. The minimum atomic E-state index is -0.874. The van der Waals surface area contributed by atoms with E-state index in [1.165, 1.54) is 0 Å². The summed E-state index contributed by atoms with van der Waals surface area (Å²) in [5.41, 5.74) is 1.73. The van der Waals surface area contributed by atoms with E-state index >= 15 is 0 Å². The van der Waals surface area contributed by atoms with E-state index in [1.807, 2.05) is 20.2 Å². The number of aromatic nitrogens is 6. The lowest BCUT2D eigenvalue weighted by Gasteiger charge is -2.17. The second kappa shape index (κ2) is 5.40. The van der Waals surface area contributed by atoms with Gasteiger partial charge in [0.1, 0.15) is 0 Å². The Kier molecular flexibility index (Phi) is 3.82. The Bertz CT molecular complexity index is 617. The van der Waals surface area contributed by atoms with E-state index < -0.39 is 11.9 Å². The van der Waals surface area contributed by atoms with Crippen molar-refractivity contribution in [3.05, 3.63) is 11.9 Å². The molecule has 0 amide bonds. The maximum atomic E-state index is 11.1. The minimum Gasteiger partial charge on any atom is -0.481 e. The fraction of sp³-hybridized carbons (Fsp3) is 0.583. The summed E-state index contributed by atoms with van der Waals surface area (Å²) in [6.07, 6.45) is 2.60. The van der Waals surface area contributed by atoms with Crippen molar-refractivity contribution >= 4 is 5.97 Å². The highest BCUT2D eigenvalue weighted by molar-refractivity contribution is 5.70. The molecular formula is C12H18N6O2. The van der Waals surface area contributed by atoms with Crippen molar-refractivity contribution < 1.29 is 9.90 Å². The van der Waals surface area contributed by atoms with E-state index in [-0.39, 0.29) is 6.04 Å². The van der Waals surface area contributed by atoms with Gasteiger partial charge in [0.25, 0.3) is 0 Å². The Hall–Kier alpha value is -2.25. The van der Waals surface area contributed by atoms with Crippen LogP contribution in [0.1, 0.15) is 32.5 Å². The molecule has 2 rings (SSSR count). The maximum Gasteiger partial charge on any atom is 0.308 e. The fourth-order valence-corrected chi connectivity index (χ4v) is 2.05. The van der Waals surface area contributed by atoms with Crippen LogP contribution in [0.25, 0.3) is 11.4 Å². The lowest BCUT2D eigenvalue weighted by Crippen LogP contribution is -2.23. The van der Waals surface area contributed by atoms with Crippen LogP contribution in [0.3, 0.4) is 0 Å². The average molecular weight is 278 g/mol. The van der Waals surface area contributed by atoms with E-state index in [0.717, 1.165) is 17.7 Å². The lowest BCUT2D eigenvalue weighted by molar-refractivity contribution is -0.142. The van der Waals surface area contributed by atoms with Crippen molar-refractivity contribution in [2.45, 2.75) is 33.2 Å². The van der Waals surface area contributed by atoms with Crippen LogP contribution in [0, 0.1) is 5.92 Å². The molecule has 0 spiro atoms. The Morgan fingerprint density at radius 3 is 2.75 bits per heavy atom. The molecule has 2 unspecified atom stereocenters. The van der Waals surface area contributed by atoms with Gasteiger partial charge in [-0.25, -0.2) is 4.68 Å². The number of hydrogen-bond acceptors (Lipinski definition) is 5. The molecular weight excluding hydrogens is 260 g/mol. The van der Waals surface area contributed by atoms with Crippen molar-refractivity contribution in [1.82, 2.24) is 30.0 Å². The number of aryl methyl sites for hydroxylation is 2. The largest absolute Gasteiger partial charge is 0.481 e. The van der Waals surface area contributed by atoms with Gasteiger partial charge in [0, 0.05) is 13.2 Å². The normalized spacial score (nSPS) is 14.2. The van der Waals surface area contributed by atoms with Crippen molar-refractivity contribution in [3.63, 3.8) is 0 Å². The fourth-order valence-electron chi connectivity index (χ4n) is 2.05. The molecule has 0 bridgehead atoms. The predicted octanol–water partition coefficient (Wildman–Crippen LogP) is 0.918. The molecule has 0 aliphatic carbocycles. The van der Waals surface area contributed by atoms with Crippen LogP contribution in [0.2, 0.25) is 0 Å². The third-order valence-corrected chi connectivity index (χ3v) is 3.47. The average Bonchev–Trinajstić information content (AvgIpc) is 3.02. The first-order chi connectivity index (χ1) is 9.45. The van der Waals surface area contributed by atoms with Crippen LogP contribution in [0.5, 0.6) is 0 Å². The van der Waals surface area contributed by atoms with Crippen LogP contribution >= 0.6 is 0 Å². The van der Waals surface area contributed by atoms with Gasteiger partial charge in [-0.3, -0.25) is 9.48 Å². The van der Waals surface area contributed by atoms with Crippen LogP contribution in [-0.2, 0) is 18.3 Å². The number of tetrazole rings is 1. The predicted molar refractivity (Wildman–Crippen MR) is 70.9 cm³/mol. The summed E-state index contributed by atoms with van der Waals surface area (Å²) in [6, 6.07) is -0.345. The van der Waals surface area contributed by atoms with Gasteiger partial charge in [-0.15, -0.1) is 5.10 Å². The SMILES string of the molecule is CCc1nn(C)cc1-c1nnnn1C(C)C(C)C(=O)O. The zero-order valence-corrected chi connectivity index (χ0v) is 12.0. The van der Waals surface area contributed by atoms with Crippen molar-refractivity contribution in [2.24, 2.45) is 13.0 Å². The summed E-state index contributed by atoms with van der Waals surface area (Å²) in [6.45, 7) is 5.44. The molecule has 2 aromatic heterocycles. The third kappa shape index (κ3) is 2.40. The molecule has 2 heterocycles. The smallest absolute Gasteiger partial charge is 0.308 e. The number of nitrogens with zero attached hydrogens (tertiary/aromatic N) is 6. The molecule has 20 heavy (non-hydrogen) atoms. The van der Waals surface area contributed by atoms with Gasteiger partial charge in [0.15, 0.2) is 5.82 Å². The molecule has 0 saturated heterocycles. The standard InChI is InChI=1S/C12H18N6O2/c1-5-10-9(6-17(4)14-10)11-13-15-16-18(11)8(3)7(2)12(19)20/h6-8H,5H2,1-4H3,(H,19,20). The summed E-state index contributed by atoms with van der Waals surface area (Å²) in [5.74, 6) is -0.907. The molecule has 8 heteroatoms. The Balaban J connectivity index is 2.45. The monoisotopic (exact) mass is 278 g/mol. The molecule has 0 fully saturated rings. The van der Waals surface area contributed by atoms with E-state index in [1.54, 1.807) is 23.2 Å². The number of carboxylic acid groups (broad SMARTS) is 1. The van der Waals surface area contributed by atoms with Crippen molar-refractivity contribution in [2.75, 3.05) is 0 Å². The van der Waals surface area contributed by atoms with E-state index in [4.69, 9.17) is 5.11 Å². The molecule has 0 aromatic carbocycles. The van der Waals surface area contributed by atoms with E-state index in [0.29, 0.717) is 5.82 Å². The number of aliphatic carboxylic acids is 1. The Labute approximate surface area is 116 Å². The lowest BCUT2D eigenvalue weighted by atomic mass is 10.0. The molecule has 0 radical (unpaired) electrons. The first-order valence-electron chi connectivity index (χ1n) is 6.49. The number of carboxylic acids is 1.